The van der Waals surface area contributed by atoms with Gasteiger partial charge in [-0.05, 0) is 0 Å². The molecule has 6 atom stereocenters. The molecular formula is C9H17NO8. The van der Waals surface area contributed by atoms with Gasteiger partial charge >= 0.3 is 5.97 Å². The largest absolute Gasteiger partial charge is 0.477 e. The molecule has 0 spiro atoms. The normalized spacial score (nSPS) is 40.2. The standard InChI is InChI=1S/C9H17NO8/c10-5-3(12)1-9(17,8(15)16)18-7(5)6(14)4(13)2-11/h3-7,11-14,17H,1-2,10H2,(H,15,16)/t3?,4-,5-,6-,7?,9+/m1/s1. The third-order valence-corrected chi connectivity index (χ3v) is 2.89. The van der Waals surface area contributed by atoms with Crippen molar-refractivity contribution in [2.45, 2.75) is 42.7 Å². The summed E-state index contributed by atoms with van der Waals surface area (Å²) >= 11 is 0. The van der Waals surface area contributed by atoms with E-state index in [-0.39, 0.29) is 0 Å². The maximum absolute atomic E-state index is 10.8. The molecule has 0 bridgehead atoms. The Morgan fingerprint density at radius 1 is 1.50 bits per heavy atom. The Labute approximate surface area is 102 Å². The highest BCUT2D eigenvalue weighted by Crippen LogP contribution is 2.29. The molecule has 1 aliphatic rings. The lowest BCUT2D eigenvalue weighted by Crippen LogP contribution is -2.65. The van der Waals surface area contributed by atoms with Crippen LogP contribution in [0.2, 0.25) is 0 Å². The van der Waals surface area contributed by atoms with Gasteiger partial charge in [-0.15, -0.1) is 0 Å². The molecule has 9 heteroatoms. The van der Waals surface area contributed by atoms with Gasteiger partial charge in [0.05, 0.1) is 18.8 Å². The first-order chi connectivity index (χ1) is 8.23. The number of ether oxygens (including phenoxy) is 1. The number of aliphatic hydroxyl groups excluding tert-OH is 4. The Kier molecular flexibility index (Phi) is 4.61. The molecule has 18 heavy (non-hydrogen) atoms. The van der Waals surface area contributed by atoms with Gasteiger partial charge in [-0.25, -0.2) is 4.79 Å². The summed E-state index contributed by atoms with van der Waals surface area (Å²) in [5.74, 6) is -4.44. The number of carboxylic acids is 1. The van der Waals surface area contributed by atoms with Crippen molar-refractivity contribution in [1.29, 1.82) is 0 Å². The van der Waals surface area contributed by atoms with Crippen molar-refractivity contribution in [1.82, 2.24) is 0 Å². The van der Waals surface area contributed by atoms with Gasteiger partial charge in [0.25, 0.3) is 5.79 Å². The van der Waals surface area contributed by atoms with Crippen molar-refractivity contribution in [2.24, 2.45) is 5.73 Å². The summed E-state index contributed by atoms with van der Waals surface area (Å²) in [5.41, 5.74) is 5.51. The average molecular weight is 267 g/mol. The summed E-state index contributed by atoms with van der Waals surface area (Å²) in [6.07, 6.45) is -7.01. The smallest absolute Gasteiger partial charge is 0.364 e. The van der Waals surface area contributed by atoms with Crippen LogP contribution in [0, 0.1) is 0 Å². The molecule has 0 aromatic rings. The van der Waals surface area contributed by atoms with E-state index in [9.17, 15) is 25.2 Å². The van der Waals surface area contributed by atoms with Crippen LogP contribution in [0.1, 0.15) is 6.42 Å². The van der Waals surface area contributed by atoms with Crippen LogP contribution < -0.4 is 5.73 Å². The Hall–Kier alpha value is -0.810. The minimum Gasteiger partial charge on any atom is -0.477 e. The number of nitrogens with two attached hydrogens (primary N) is 1. The first kappa shape index (κ1) is 15.2. The predicted octanol–water partition coefficient (Wildman–Crippen LogP) is -4.05. The quantitative estimate of drug-likeness (QED) is 0.267. The van der Waals surface area contributed by atoms with Gasteiger partial charge in [-0.2, -0.15) is 0 Å². The topological polar surface area (TPSA) is 174 Å². The fraction of sp³-hybridized carbons (Fsp3) is 0.889. The third kappa shape index (κ3) is 2.78. The Balaban J connectivity index is 2.92. The summed E-state index contributed by atoms with van der Waals surface area (Å²) in [6, 6.07) is -1.21. The van der Waals surface area contributed by atoms with Gasteiger partial charge < -0.3 is 41.1 Å². The van der Waals surface area contributed by atoms with E-state index in [4.69, 9.17) is 20.7 Å². The lowest BCUT2D eigenvalue weighted by Gasteiger charge is -2.43. The van der Waals surface area contributed by atoms with Gasteiger partial charge in [0.1, 0.15) is 18.3 Å². The lowest BCUT2D eigenvalue weighted by molar-refractivity contribution is -0.292. The number of aliphatic carboxylic acids is 1. The van der Waals surface area contributed by atoms with Gasteiger partial charge in [-0.3, -0.25) is 0 Å². The van der Waals surface area contributed by atoms with Crippen molar-refractivity contribution in [3.05, 3.63) is 0 Å². The summed E-state index contributed by atoms with van der Waals surface area (Å²) in [6.45, 7) is -0.810. The number of hydrogen-bond acceptors (Lipinski definition) is 8. The van der Waals surface area contributed by atoms with Crippen LogP contribution >= 0.6 is 0 Å². The summed E-state index contributed by atoms with van der Waals surface area (Å²) in [5, 5.41) is 55.5. The number of aliphatic hydroxyl groups is 5. The van der Waals surface area contributed by atoms with Crippen molar-refractivity contribution in [2.75, 3.05) is 6.61 Å². The first-order valence-corrected chi connectivity index (χ1v) is 5.27. The SMILES string of the molecule is N[C@@H]1C(O)C[C@@](O)(C(=O)O)OC1[C@H](O)[C@H](O)CO. The summed E-state index contributed by atoms with van der Waals surface area (Å²) < 4.78 is 4.75. The fourth-order valence-electron chi connectivity index (χ4n) is 1.75. The number of hydrogen-bond donors (Lipinski definition) is 7. The van der Waals surface area contributed by atoms with E-state index in [1.165, 1.54) is 0 Å². The second-order valence-electron chi connectivity index (χ2n) is 4.26. The molecular weight excluding hydrogens is 250 g/mol. The lowest BCUT2D eigenvalue weighted by atomic mass is 9.89. The third-order valence-electron chi connectivity index (χ3n) is 2.89. The fourth-order valence-corrected chi connectivity index (χ4v) is 1.75. The van der Waals surface area contributed by atoms with Crippen LogP contribution in [0.15, 0.2) is 0 Å². The first-order valence-electron chi connectivity index (χ1n) is 5.27. The van der Waals surface area contributed by atoms with Gasteiger partial charge in [0.2, 0.25) is 0 Å². The molecule has 0 radical (unpaired) electrons. The van der Waals surface area contributed by atoms with Crippen molar-refractivity contribution >= 4 is 5.97 Å². The van der Waals surface area contributed by atoms with Crippen molar-refractivity contribution in [3.8, 4) is 0 Å². The zero-order chi connectivity index (χ0) is 14.1. The number of carbonyl (C=O) groups is 1. The number of carboxylic acid groups (broad SMARTS) is 1. The van der Waals surface area contributed by atoms with Crippen molar-refractivity contribution in [3.63, 3.8) is 0 Å². The molecule has 0 aromatic carbocycles. The minimum absolute atomic E-state index is 0.665. The molecule has 8 N–H and O–H groups in total. The molecule has 0 aromatic heterocycles. The summed E-state index contributed by atoms with van der Waals surface area (Å²) in [4.78, 5) is 10.8. The molecule has 0 amide bonds. The second kappa shape index (κ2) is 5.45. The van der Waals surface area contributed by atoms with Crippen LogP contribution in [0.25, 0.3) is 0 Å². The van der Waals surface area contributed by atoms with E-state index in [2.05, 4.69) is 0 Å². The number of rotatable bonds is 4. The maximum atomic E-state index is 10.8. The van der Waals surface area contributed by atoms with E-state index < -0.39 is 55.2 Å². The van der Waals surface area contributed by atoms with Crippen LogP contribution in [0.3, 0.4) is 0 Å². The molecule has 0 saturated carbocycles. The molecule has 1 rings (SSSR count). The van der Waals surface area contributed by atoms with Crippen LogP contribution in [-0.4, -0.2) is 79.5 Å². The van der Waals surface area contributed by atoms with E-state index >= 15 is 0 Å². The Morgan fingerprint density at radius 3 is 2.50 bits per heavy atom. The van der Waals surface area contributed by atoms with Gasteiger partial charge in [0.15, 0.2) is 0 Å². The summed E-state index contributed by atoms with van der Waals surface area (Å²) in [7, 11) is 0. The van der Waals surface area contributed by atoms with E-state index in [1.54, 1.807) is 0 Å². The molecule has 0 aliphatic carbocycles. The molecule has 1 heterocycles. The molecule has 1 aliphatic heterocycles. The molecule has 106 valence electrons. The van der Waals surface area contributed by atoms with Gasteiger partial charge in [0, 0.05) is 6.42 Å². The molecule has 1 saturated heterocycles. The molecule has 1 fully saturated rings. The highest BCUT2D eigenvalue weighted by molar-refractivity contribution is 5.75. The Bertz CT molecular complexity index is 313. The van der Waals surface area contributed by atoms with Gasteiger partial charge in [-0.1, -0.05) is 0 Å². The molecule has 9 nitrogen and oxygen atoms in total. The highest BCUT2D eigenvalue weighted by Gasteiger charge is 2.52. The second-order valence-corrected chi connectivity index (χ2v) is 4.26. The van der Waals surface area contributed by atoms with Crippen LogP contribution in [0.5, 0.6) is 0 Å². The Morgan fingerprint density at radius 2 is 2.06 bits per heavy atom. The van der Waals surface area contributed by atoms with E-state index in [1.807, 2.05) is 0 Å². The molecule has 2 unspecified atom stereocenters. The van der Waals surface area contributed by atoms with Crippen LogP contribution in [0.4, 0.5) is 0 Å². The maximum Gasteiger partial charge on any atom is 0.364 e. The monoisotopic (exact) mass is 267 g/mol. The van der Waals surface area contributed by atoms with Crippen molar-refractivity contribution < 1.29 is 40.2 Å². The highest BCUT2D eigenvalue weighted by atomic mass is 16.7. The minimum atomic E-state index is -2.70. The predicted molar refractivity (Wildman–Crippen MR) is 55.2 cm³/mol. The van der Waals surface area contributed by atoms with E-state index in [0.29, 0.717) is 0 Å². The zero-order valence-electron chi connectivity index (χ0n) is 9.38. The van der Waals surface area contributed by atoms with E-state index in [0.717, 1.165) is 0 Å². The zero-order valence-corrected chi connectivity index (χ0v) is 9.38. The van der Waals surface area contributed by atoms with Crippen LogP contribution in [-0.2, 0) is 9.53 Å². The average Bonchev–Trinajstić information content (AvgIpc) is 2.31.